The van der Waals surface area contributed by atoms with Crippen LogP contribution in [0.4, 0.5) is 0 Å². The molecule has 422 valence electrons. The zero-order valence-corrected chi connectivity index (χ0v) is 48.2. The number of carbonyl (C=O) groups excluding carboxylic acids is 2. The Morgan fingerprint density at radius 3 is 1.01 bits per heavy atom. The second kappa shape index (κ2) is 61.1. The molecule has 1 amide bonds. The van der Waals surface area contributed by atoms with Gasteiger partial charge >= 0.3 is 5.97 Å². The zero-order valence-electron chi connectivity index (χ0n) is 48.2. The maximum absolute atomic E-state index is 12.5. The summed E-state index contributed by atoms with van der Waals surface area (Å²) >= 11 is 0. The van der Waals surface area contributed by atoms with E-state index < -0.39 is 12.1 Å². The molecule has 0 rings (SSSR count). The predicted molar refractivity (Wildman–Crippen MR) is 310 cm³/mol. The normalized spacial score (nSPS) is 12.6. The maximum Gasteiger partial charge on any atom is 0.305 e. The van der Waals surface area contributed by atoms with Crippen LogP contribution in [0.25, 0.3) is 0 Å². The fourth-order valence-electron chi connectivity index (χ4n) is 10.3. The van der Waals surface area contributed by atoms with E-state index in [1.54, 1.807) is 0 Å². The molecule has 0 aromatic heterocycles. The minimum absolute atomic E-state index is 0.00370. The van der Waals surface area contributed by atoms with Crippen molar-refractivity contribution < 1.29 is 24.5 Å². The van der Waals surface area contributed by atoms with E-state index in [0.29, 0.717) is 25.9 Å². The lowest BCUT2D eigenvalue weighted by atomic mass is 10.0. The molecule has 0 bridgehead atoms. The lowest BCUT2D eigenvalue weighted by Crippen LogP contribution is -2.45. The van der Waals surface area contributed by atoms with E-state index in [9.17, 15) is 19.8 Å². The first-order valence-corrected chi connectivity index (χ1v) is 32.4. The van der Waals surface area contributed by atoms with Crippen molar-refractivity contribution in [3.05, 3.63) is 12.2 Å². The summed E-state index contributed by atoms with van der Waals surface area (Å²) in [7, 11) is 0. The molecular weight excluding hydrogens is 875 g/mol. The number of unbranched alkanes of at least 4 members (excludes halogenated alkanes) is 48. The van der Waals surface area contributed by atoms with Gasteiger partial charge in [0, 0.05) is 12.8 Å². The van der Waals surface area contributed by atoms with Crippen molar-refractivity contribution in [3.8, 4) is 0 Å². The third kappa shape index (κ3) is 57.7. The maximum atomic E-state index is 12.5. The van der Waals surface area contributed by atoms with E-state index in [2.05, 4.69) is 31.3 Å². The van der Waals surface area contributed by atoms with E-state index in [1.165, 1.54) is 289 Å². The second-order valence-corrected chi connectivity index (χ2v) is 22.5. The molecule has 3 N–H and O–H groups in total. The van der Waals surface area contributed by atoms with Gasteiger partial charge in [-0.1, -0.05) is 315 Å². The van der Waals surface area contributed by atoms with Crippen LogP contribution in [0.3, 0.4) is 0 Å². The minimum atomic E-state index is -0.665. The van der Waals surface area contributed by atoms with Gasteiger partial charge in [0.15, 0.2) is 0 Å². The van der Waals surface area contributed by atoms with Crippen molar-refractivity contribution in [2.45, 2.75) is 379 Å². The van der Waals surface area contributed by atoms with Gasteiger partial charge in [0.25, 0.3) is 0 Å². The van der Waals surface area contributed by atoms with Crippen LogP contribution in [0.2, 0.25) is 0 Å². The summed E-state index contributed by atoms with van der Waals surface area (Å²) in [6, 6.07) is -0.542. The highest BCUT2D eigenvalue weighted by atomic mass is 16.5. The van der Waals surface area contributed by atoms with Crippen LogP contribution in [0.5, 0.6) is 0 Å². The van der Waals surface area contributed by atoms with Gasteiger partial charge < -0.3 is 20.3 Å². The van der Waals surface area contributed by atoms with Crippen LogP contribution in [-0.4, -0.2) is 47.4 Å². The van der Waals surface area contributed by atoms with Crippen LogP contribution in [0.1, 0.15) is 367 Å². The first-order chi connectivity index (χ1) is 35.0. The molecule has 0 aromatic carbocycles. The summed E-state index contributed by atoms with van der Waals surface area (Å²) in [4.78, 5) is 24.6. The summed E-state index contributed by atoms with van der Waals surface area (Å²) in [5.74, 6) is -0.0282. The van der Waals surface area contributed by atoms with Crippen molar-refractivity contribution in [2.24, 2.45) is 0 Å². The second-order valence-electron chi connectivity index (χ2n) is 22.5. The molecule has 0 heterocycles. The fourth-order valence-corrected chi connectivity index (χ4v) is 10.3. The van der Waals surface area contributed by atoms with Crippen LogP contribution in [0, 0.1) is 0 Å². The zero-order chi connectivity index (χ0) is 51.4. The van der Waals surface area contributed by atoms with E-state index in [-0.39, 0.29) is 18.5 Å². The molecule has 6 heteroatoms. The number of aliphatic hydroxyl groups excluding tert-OH is 2. The smallest absolute Gasteiger partial charge is 0.305 e. The largest absolute Gasteiger partial charge is 0.466 e. The summed E-state index contributed by atoms with van der Waals surface area (Å²) in [6.45, 7) is 4.97. The van der Waals surface area contributed by atoms with Gasteiger partial charge in [0.1, 0.15) is 0 Å². The van der Waals surface area contributed by atoms with Crippen molar-refractivity contribution in [2.75, 3.05) is 13.2 Å². The Balaban J connectivity index is 3.39. The van der Waals surface area contributed by atoms with E-state index in [0.717, 1.165) is 44.9 Å². The third-order valence-corrected chi connectivity index (χ3v) is 15.3. The Bertz CT molecular complexity index is 1060. The number of amides is 1. The number of carbonyl (C=O) groups is 2. The number of esters is 1. The minimum Gasteiger partial charge on any atom is -0.466 e. The summed E-state index contributed by atoms with van der Waals surface area (Å²) in [5.41, 5.74) is 0. The predicted octanol–water partition coefficient (Wildman–Crippen LogP) is 20.4. The molecule has 0 aromatic rings. The summed E-state index contributed by atoms with van der Waals surface area (Å²) in [5, 5.41) is 23.4. The lowest BCUT2D eigenvalue weighted by Gasteiger charge is -2.22. The van der Waals surface area contributed by atoms with Gasteiger partial charge in [-0.05, 0) is 51.4 Å². The number of rotatable bonds is 61. The average Bonchev–Trinajstić information content (AvgIpc) is 3.37. The number of allylic oxidation sites excluding steroid dienone is 2. The average molecular weight is 1000 g/mol. The molecule has 0 spiro atoms. The van der Waals surface area contributed by atoms with E-state index >= 15 is 0 Å². The first kappa shape index (κ1) is 69.6. The number of ether oxygens (including phenoxy) is 1. The lowest BCUT2D eigenvalue weighted by molar-refractivity contribution is -0.143. The number of hydrogen-bond acceptors (Lipinski definition) is 5. The van der Waals surface area contributed by atoms with Crippen molar-refractivity contribution in [1.29, 1.82) is 0 Å². The SMILES string of the molecule is CCCCCC/C=C\CCCCCCCC(=O)OCCCCCCCCCCCCCCCCCCCCCCCC(=O)NC(CO)C(O)CCCCCCCCCCCCCCCCCCCCCC. The molecule has 0 fully saturated rings. The molecule has 2 atom stereocenters. The number of hydrogen-bond donors (Lipinski definition) is 3. The molecule has 0 radical (unpaired) electrons. The summed E-state index contributed by atoms with van der Waals surface area (Å²) in [6.07, 6.45) is 73.7. The molecule has 0 saturated carbocycles. The van der Waals surface area contributed by atoms with Gasteiger partial charge in [-0.25, -0.2) is 0 Å². The topological polar surface area (TPSA) is 95.9 Å². The molecule has 0 aliphatic rings. The van der Waals surface area contributed by atoms with Crippen LogP contribution < -0.4 is 5.32 Å². The molecule has 0 aliphatic heterocycles. The van der Waals surface area contributed by atoms with Crippen LogP contribution in [0.15, 0.2) is 12.2 Å². The van der Waals surface area contributed by atoms with Crippen LogP contribution >= 0.6 is 0 Å². The summed E-state index contributed by atoms with van der Waals surface area (Å²) < 4.78 is 5.47. The fraction of sp³-hybridized carbons (Fsp3) is 0.938. The van der Waals surface area contributed by atoms with E-state index in [1.807, 2.05) is 0 Å². The molecule has 0 aliphatic carbocycles. The Hall–Kier alpha value is -1.40. The molecule has 2 unspecified atom stereocenters. The molecule has 71 heavy (non-hydrogen) atoms. The molecule has 0 saturated heterocycles. The molecule has 6 nitrogen and oxygen atoms in total. The Morgan fingerprint density at radius 2 is 0.662 bits per heavy atom. The first-order valence-electron chi connectivity index (χ1n) is 32.4. The quantitative estimate of drug-likeness (QED) is 0.0320. The standard InChI is InChI=1S/C65H127NO5/c1-3-5-7-9-11-13-15-17-18-19-20-24-27-30-34-37-41-45-49-53-57-63(68)62(61-67)66-64(69)58-54-50-46-42-38-35-31-28-25-22-21-23-26-29-32-36-40-44-48-52-56-60-71-65(70)59-55-51-47-43-39-33-16-14-12-10-8-6-4-2/h14,16,62-63,67-68H,3-13,15,17-61H2,1-2H3,(H,66,69)/b16-14-. The van der Waals surface area contributed by atoms with E-state index in [4.69, 9.17) is 4.74 Å². The Labute approximate surface area is 444 Å². The third-order valence-electron chi connectivity index (χ3n) is 15.3. The van der Waals surface area contributed by atoms with Crippen LogP contribution in [-0.2, 0) is 14.3 Å². The highest BCUT2D eigenvalue weighted by Crippen LogP contribution is 2.19. The van der Waals surface area contributed by atoms with Gasteiger partial charge in [-0.15, -0.1) is 0 Å². The van der Waals surface area contributed by atoms with Gasteiger partial charge in [-0.3, -0.25) is 9.59 Å². The van der Waals surface area contributed by atoms with Gasteiger partial charge in [0.2, 0.25) is 5.91 Å². The van der Waals surface area contributed by atoms with Gasteiger partial charge in [0.05, 0.1) is 25.4 Å². The Morgan fingerprint density at radius 1 is 0.380 bits per heavy atom. The Kier molecular flexibility index (Phi) is 59.9. The van der Waals surface area contributed by atoms with Gasteiger partial charge in [-0.2, -0.15) is 0 Å². The molecular formula is C65H127NO5. The highest BCUT2D eigenvalue weighted by Gasteiger charge is 2.20. The number of aliphatic hydroxyl groups is 2. The number of nitrogens with one attached hydrogen (secondary N) is 1. The monoisotopic (exact) mass is 1000 g/mol. The van der Waals surface area contributed by atoms with Crippen molar-refractivity contribution in [1.82, 2.24) is 5.32 Å². The van der Waals surface area contributed by atoms with Crippen molar-refractivity contribution >= 4 is 11.9 Å². The van der Waals surface area contributed by atoms with Crippen molar-refractivity contribution in [3.63, 3.8) is 0 Å². The highest BCUT2D eigenvalue weighted by molar-refractivity contribution is 5.76.